The summed E-state index contributed by atoms with van der Waals surface area (Å²) in [6.45, 7) is 2.02. The molecule has 0 radical (unpaired) electrons. The number of amides is 1. The van der Waals surface area contributed by atoms with Crippen LogP contribution in [0.2, 0.25) is 0 Å². The van der Waals surface area contributed by atoms with Crippen molar-refractivity contribution in [3.05, 3.63) is 42.0 Å². The molecule has 20 heavy (non-hydrogen) atoms. The predicted octanol–water partition coefficient (Wildman–Crippen LogP) is 3.46. The first-order valence-corrected chi connectivity index (χ1v) is 7.16. The Hall–Kier alpha value is -2.03. The maximum absolute atomic E-state index is 12.3. The minimum absolute atomic E-state index is 0.0687. The molecular formula is C17H19NO2. The molecule has 0 saturated heterocycles. The lowest BCUT2D eigenvalue weighted by atomic mass is 10.0. The van der Waals surface area contributed by atoms with Crippen LogP contribution in [0.25, 0.3) is 10.8 Å². The van der Waals surface area contributed by atoms with Gasteiger partial charge >= 0.3 is 0 Å². The first kappa shape index (κ1) is 13.0. The summed E-state index contributed by atoms with van der Waals surface area (Å²) in [4.78, 5) is 12.3. The summed E-state index contributed by atoms with van der Waals surface area (Å²) in [6, 6.07) is 11.2. The normalized spacial score (nSPS) is 16.1. The third-order valence-electron chi connectivity index (χ3n) is 3.91. The lowest BCUT2D eigenvalue weighted by Gasteiger charge is -2.14. The van der Waals surface area contributed by atoms with Crippen LogP contribution in [0.4, 0.5) is 0 Å². The molecule has 3 rings (SSSR count). The van der Waals surface area contributed by atoms with Crippen molar-refractivity contribution in [3.8, 4) is 5.75 Å². The number of phenolic OH excluding ortho intramolecular Hbond substituents is 1. The van der Waals surface area contributed by atoms with Crippen LogP contribution in [-0.2, 0) is 0 Å². The van der Waals surface area contributed by atoms with Crippen molar-refractivity contribution in [2.24, 2.45) is 5.92 Å². The summed E-state index contributed by atoms with van der Waals surface area (Å²) in [5.41, 5.74) is 0.353. The summed E-state index contributed by atoms with van der Waals surface area (Å²) >= 11 is 0. The van der Waals surface area contributed by atoms with E-state index in [2.05, 4.69) is 5.32 Å². The molecule has 3 heteroatoms. The molecule has 104 valence electrons. The molecule has 1 amide bonds. The Morgan fingerprint density at radius 2 is 2.05 bits per heavy atom. The van der Waals surface area contributed by atoms with Gasteiger partial charge < -0.3 is 10.4 Å². The average Bonchev–Trinajstić information content (AvgIpc) is 3.23. The second-order valence-electron chi connectivity index (χ2n) is 5.74. The molecule has 1 aliphatic rings. The van der Waals surface area contributed by atoms with Crippen LogP contribution in [0, 0.1) is 5.92 Å². The highest BCUT2D eigenvalue weighted by atomic mass is 16.3. The Morgan fingerprint density at radius 1 is 1.30 bits per heavy atom. The summed E-state index contributed by atoms with van der Waals surface area (Å²) in [7, 11) is 0. The highest BCUT2D eigenvalue weighted by molar-refractivity contribution is 6.03. The van der Waals surface area contributed by atoms with Gasteiger partial charge in [0, 0.05) is 11.4 Å². The molecule has 0 aliphatic heterocycles. The van der Waals surface area contributed by atoms with E-state index in [4.69, 9.17) is 0 Å². The molecule has 2 N–H and O–H groups in total. The van der Waals surface area contributed by atoms with E-state index >= 15 is 0 Å². The van der Waals surface area contributed by atoms with Crippen molar-refractivity contribution in [1.29, 1.82) is 0 Å². The number of aromatic hydroxyl groups is 1. The molecule has 2 aromatic carbocycles. The number of fused-ring (bicyclic) bond motifs is 1. The zero-order valence-corrected chi connectivity index (χ0v) is 11.6. The minimum Gasteiger partial charge on any atom is -0.506 e. The molecular weight excluding hydrogens is 250 g/mol. The Kier molecular flexibility index (Phi) is 3.35. The minimum atomic E-state index is -0.193. The second-order valence-corrected chi connectivity index (χ2v) is 5.74. The molecule has 0 aromatic heterocycles. The Bertz CT molecular complexity index is 646. The van der Waals surface area contributed by atoms with Crippen LogP contribution >= 0.6 is 0 Å². The maximum atomic E-state index is 12.3. The number of nitrogens with one attached hydrogen (secondary N) is 1. The zero-order valence-electron chi connectivity index (χ0n) is 11.6. The van der Waals surface area contributed by atoms with Crippen molar-refractivity contribution in [3.63, 3.8) is 0 Å². The van der Waals surface area contributed by atoms with E-state index < -0.39 is 0 Å². The number of carbonyl (C=O) groups is 1. The van der Waals surface area contributed by atoms with Crippen molar-refractivity contribution in [1.82, 2.24) is 5.32 Å². The van der Waals surface area contributed by atoms with Gasteiger partial charge in [-0.1, -0.05) is 43.2 Å². The fourth-order valence-electron chi connectivity index (χ4n) is 2.65. The molecule has 0 heterocycles. The monoisotopic (exact) mass is 269 g/mol. The van der Waals surface area contributed by atoms with E-state index in [0.29, 0.717) is 5.56 Å². The Morgan fingerprint density at radius 3 is 2.80 bits per heavy atom. The largest absolute Gasteiger partial charge is 0.506 e. The van der Waals surface area contributed by atoms with E-state index in [9.17, 15) is 9.90 Å². The molecule has 0 bridgehead atoms. The van der Waals surface area contributed by atoms with Crippen LogP contribution in [0.3, 0.4) is 0 Å². The first-order chi connectivity index (χ1) is 9.65. The molecule has 1 unspecified atom stereocenters. The number of hydrogen-bond acceptors (Lipinski definition) is 2. The summed E-state index contributed by atoms with van der Waals surface area (Å²) in [5, 5.41) is 14.9. The third kappa shape index (κ3) is 2.62. The highest BCUT2D eigenvalue weighted by Crippen LogP contribution is 2.33. The van der Waals surface area contributed by atoms with Gasteiger partial charge in [-0.15, -0.1) is 0 Å². The third-order valence-corrected chi connectivity index (χ3v) is 3.91. The van der Waals surface area contributed by atoms with Crippen molar-refractivity contribution in [2.75, 3.05) is 0 Å². The summed E-state index contributed by atoms with van der Waals surface area (Å²) < 4.78 is 0. The van der Waals surface area contributed by atoms with Crippen LogP contribution < -0.4 is 5.32 Å². The molecule has 2 aromatic rings. The topological polar surface area (TPSA) is 49.3 Å². The van der Waals surface area contributed by atoms with Crippen molar-refractivity contribution >= 4 is 16.7 Å². The number of benzene rings is 2. The molecule has 1 atom stereocenters. The summed E-state index contributed by atoms with van der Waals surface area (Å²) in [6.07, 6.45) is 3.59. The van der Waals surface area contributed by atoms with Gasteiger partial charge in [-0.05, 0) is 30.7 Å². The van der Waals surface area contributed by atoms with E-state index in [0.717, 1.165) is 23.1 Å². The van der Waals surface area contributed by atoms with Gasteiger partial charge in [0.1, 0.15) is 5.75 Å². The van der Waals surface area contributed by atoms with Gasteiger partial charge in [-0.3, -0.25) is 4.79 Å². The lowest BCUT2D eigenvalue weighted by molar-refractivity contribution is 0.0935. The van der Waals surface area contributed by atoms with Gasteiger partial charge in [0.05, 0.1) is 5.56 Å². The first-order valence-electron chi connectivity index (χ1n) is 7.16. The zero-order chi connectivity index (χ0) is 14.1. The number of carbonyl (C=O) groups excluding carboxylic acids is 1. The quantitative estimate of drug-likeness (QED) is 0.893. The number of rotatable bonds is 4. The predicted molar refractivity (Wildman–Crippen MR) is 79.9 cm³/mol. The molecule has 1 saturated carbocycles. The SMILES string of the molecule is CC(CC1CC1)NC(=O)c1ccc2ccccc2c1O. The standard InChI is InChI=1S/C17H19NO2/c1-11(10-12-6-7-12)18-17(20)15-9-8-13-4-2-3-5-14(13)16(15)19/h2-5,8-9,11-12,19H,6-7,10H2,1H3,(H,18,20). The van der Waals surface area contributed by atoms with E-state index in [1.807, 2.05) is 37.3 Å². The Balaban J connectivity index is 1.81. The van der Waals surface area contributed by atoms with Crippen molar-refractivity contribution < 1.29 is 9.90 Å². The smallest absolute Gasteiger partial charge is 0.255 e. The van der Waals surface area contributed by atoms with Gasteiger partial charge in [-0.2, -0.15) is 0 Å². The molecule has 1 aliphatic carbocycles. The van der Waals surface area contributed by atoms with E-state index in [1.54, 1.807) is 6.07 Å². The lowest BCUT2D eigenvalue weighted by Crippen LogP contribution is -2.32. The van der Waals surface area contributed by atoms with E-state index in [1.165, 1.54) is 12.8 Å². The van der Waals surface area contributed by atoms with Gasteiger partial charge in [-0.25, -0.2) is 0 Å². The average molecular weight is 269 g/mol. The van der Waals surface area contributed by atoms with Crippen molar-refractivity contribution in [2.45, 2.75) is 32.2 Å². The van der Waals surface area contributed by atoms with E-state index in [-0.39, 0.29) is 17.7 Å². The van der Waals surface area contributed by atoms with Gasteiger partial charge in [0.25, 0.3) is 5.91 Å². The molecule has 0 spiro atoms. The number of hydrogen-bond donors (Lipinski definition) is 2. The fourth-order valence-corrected chi connectivity index (χ4v) is 2.65. The number of phenols is 1. The van der Waals surface area contributed by atoms with Crippen LogP contribution in [0.1, 0.15) is 36.5 Å². The summed E-state index contributed by atoms with van der Waals surface area (Å²) in [5.74, 6) is 0.649. The fraction of sp³-hybridized carbons (Fsp3) is 0.353. The van der Waals surface area contributed by atoms with Crippen LogP contribution in [-0.4, -0.2) is 17.1 Å². The maximum Gasteiger partial charge on any atom is 0.255 e. The highest BCUT2D eigenvalue weighted by Gasteiger charge is 2.25. The molecule has 1 fully saturated rings. The second kappa shape index (κ2) is 5.16. The molecule has 3 nitrogen and oxygen atoms in total. The van der Waals surface area contributed by atoms with Crippen LogP contribution in [0.15, 0.2) is 36.4 Å². The Labute approximate surface area is 118 Å². The van der Waals surface area contributed by atoms with Crippen LogP contribution in [0.5, 0.6) is 5.75 Å². The van der Waals surface area contributed by atoms with Gasteiger partial charge in [0.15, 0.2) is 0 Å². The van der Waals surface area contributed by atoms with Gasteiger partial charge in [0.2, 0.25) is 0 Å².